The van der Waals surface area contributed by atoms with Crippen LogP contribution in [0.2, 0.25) is 5.02 Å². The van der Waals surface area contributed by atoms with Crippen LogP contribution in [0.1, 0.15) is 32.1 Å². The van der Waals surface area contributed by atoms with Gasteiger partial charge in [0.25, 0.3) is 0 Å². The molecule has 2 aromatic rings. The highest BCUT2D eigenvalue weighted by Gasteiger charge is 2.16. The second-order valence-corrected chi connectivity index (χ2v) is 8.15. The number of ether oxygens (including phenoxy) is 1. The molecule has 1 aliphatic rings. The molecular weight excluding hydrogens is 370 g/mol. The van der Waals surface area contributed by atoms with Crippen LogP contribution in [-0.2, 0) is 16.1 Å². The molecule has 0 atom stereocenters. The maximum atomic E-state index is 12.2. The molecule has 0 radical (unpaired) electrons. The minimum atomic E-state index is 0.0731. The van der Waals surface area contributed by atoms with E-state index < -0.39 is 0 Å². The molecular formula is C19H26ClN3O2S. The van der Waals surface area contributed by atoms with Gasteiger partial charge in [0, 0.05) is 25.2 Å². The third-order valence-corrected chi connectivity index (χ3v) is 6.05. The molecule has 1 fully saturated rings. The third kappa shape index (κ3) is 5.15. The number of imidazole rings is 1. The Hall–Kier alpha value is -1.24. The van der Waals surface area contributed by atoms with Crippen LogP contribution < -0.4 is 5.32 Å². The Labute approximate surface area is 163 Å². The Kier molecular flexibility index (Phi) is 7.23. The Morgan fingerprint density at radius 3 is 2.96 bits per heavy atom. The summed E-state index contributed by atoms with van der Waals surface area (Å²) < 4.78 is 7.30. The summed E-state index contributed by atoms with van der Waals surface area (Å²) >= 11 is 7.55. The van der Waals surface area contributed by atoms with Gasteiger partial charge in [0.15, 0.2) is 5.16 Å². The van der Waals surface area contributed by atoms with Gasteiger partial charge in [-0.15, -0.1) is 0 Å². The predicted molar refractivity (Wildman–Crippen MR) is 107 cm³/mol. The zero-order chi connectivity index (χ0) is 18.4. The van der Waals surface area contributed by atoms with Crippen molar-refractivity contribution in [2.24, 2.45) is 5.92 Å². The standard InChI is InChI=1S/C19H26ClN3O2S/c1-25-10-9-23-17-8-7-15(20)11-16(17)22-19(23)26-13-18(24)21-12-14-5-3-2-4-6-14/h7-8,11,14H,2-6,9-10,12-13H2,1H3,(H,21,24). The first-order valence-electron chi connectivity index (χ1n) is 9.21. The molecule has 1 saturated carbocycles. The summed E-state index contributed by atoms with van der Waals surface area (Å²) in [5.74, 6) is 1.09. The lowest BCUT2D eigenvalue weighted by atomic mass is 9.89. The van der Waals surface area contributed by atoms with Crippen molar-refractivity contribution < 1.29 is 9.53 Å². The van der Waals surface area contributed by atoms with Crippen LogP contribution in [0.3, 0.4) is 0 Å². The molecule has 0 unspecified atom stereocenters. The molecule has 0 aliphatic heterocycles. The molecule has 26 heavy (non-hydrogen) atoms. The van der Waals surface area contributed by atoms with Gasteiger partial charge in [-0.2, -0.15) is 0 Å². The van der Waals surface area contributed by atoms with Crippen molar-refractivity contribution in [3.8, 4) is 0 Å². The SMILES string of the molecule is COCCn1c(SCC(=O)NCC2CCCCC2)nc2cc(Cl)ccc21. The van der Waals surface area contributed by atoms with E-state index in [9.17, 15) is 4.79 Å². The fraction of sp³-hybridized carbons (Fsp3) is 0.579. The molecule has 1 N–H and O–H groups in total. The first-order valence-corrected chi connectivity index (χ1v) is 10.6. The largest absolute Gasteiger partial charge is 0.383 e. The van der Waals surface area contributed by atoms with E-state index in [1.807, 2.05) is 18.2 Å². The quantitative estimate of drug-likeness (QED) is 0.683. The molecule has 1 aliphatic carbocycles. The van der Waals surface area contributed by atoms with Crippen molar-refractivity contribution in [2.45, 2.75) is 43.8 Å². The Balaban J connectivity index is 1.60. The van der Waals surface area contributed by atoms with E-state index in [1.54, 1.807) is 7.11 Å². The van der Waals surface area contributed by atoms with Crippen LogP contribution in [-0.4, -0.2) is 41.5 Å². The topological polar surface area (TPSA) is 56.1 Å². The maximum absolute atomic E-state index is 12.2. The van der Waals surface area contributed by atoms with E-state index in [-0.39, 0.29) is 5.91 Å². The van der Waals surface area contributed by atoms with Crippen molar-refractivity contribution in [1.29, 1.82) is 0 Å². The van der Waals surface area contributed by atoms with Gasteiger partial charge in [-0.1, -0.05) is 42.6 Å². The third-order valence-electron chi connectivity index (χ3n) is 4.84. The average molecular weight is 396 g/mol. The van der Waals surface area contributed by atoms with Gasteiger partial charge in [-0.25, -0.2) is 4.98 Å². The highest BCUT2D eigenvalue weighted by Crippen LogP contribution is 2.26. The average Bonchev–Trinajstić information content (AvgIpc) is 3.00. The number of carbonyl (C=O) groups excluding carboxylic acids is 1. The molecule has 3 rings (SSSR count). The van der Waals surface area contributed by atoms with E-state index in [1.165, 1.54) is 43.9 Å². The van der Waals surface area contributed by atoms with Gasteiger partial charge in [0.05, 0.1) is 23.4 Å². The van der Waals surface area contributed by atoms with E-state index in [0.717, 1.165) is 22.7 Å². The van der Waals surface area contributed by atoms with Crippen molar-refractivity contribution >= 4 is 40.3 Å². The normalized spacial score (nSPS) is 15.5. The second kappa shape index (κ2) is 9.62. The number of nitrogens with one attached hydrogen (secondary N) is 1. The van der Waals surface area contributed by atoms with Crippen LogP contribution in [0, 0.1) is 5.92 Å². The molecule has 0 saturated heterocycles. The number of hydrogen-bond acceptors (Lipinski definition) is 4. The first kappa shape index (κ1) is 19.5. The van der Waals surface area contributed by atoms with Crippen molar-refractivity contribution in [3.05, 3.63) is 23.2 Å². The molecule has 142 valence electrons. The number of nitrogens with zero attached hydrogens (tertiary/aromatic N) is 2. The zero-order valence-corrected chi connectivity index (χ0v) is 16.7. The Morgan fingerprint density at radius 1 is 1.38 bits per heavy atom. The molecule has 0 bridgehead atoms. The lowest BCUT2D eigenvalue weighted by Crippen LogP contribution is -2.31. The maximum Gasteiger partial charge on any atom is 0.230 e. The molecule has 1 aromatic heterocycles. The molecule has 7 heteroatoms. The lowest BCUT2D eigenvalue weighted by Gasteiger charge is -2.21. The van der Waals surface area contributed by atoms with Gasteiger partial charge in [0.1, 0.15) is 0 Å². The molecule has 1 aromatic carbocycles. The predicted octanol–water partition coefficient (Wildman–Crippen LogP) is 4.12. The summed E-state index contributed by atoms with van der Waals surface area (Å²) in [5.41, 5.74) is 1.86. The van der Waals surface area contributed by atoms with E-state index >= 15 is 0 Å². The number of hydrogen-bond donors (Lipinski definition) is 1. The summed E-state index contributed by atoms with van der Waals surface area (Å²) in [7, 11) is 1.68. The number of carbonyl (C=O) groups is 1. The number of aromatic nitrogens is 2. The number of benzene rings is 1. The van der Waals surface area contributed by atoms with Gasteiger partial charge >= 0.3 is 0 Å². The smallest absolute Gasteiger partial charge is 0.230 e. The monoisotopic (exact) mass is 395 g/mol. The Bertz CT molecular complexity index is 744. The number of halogens is 1. The number of thioether (sulfide) groups is 1. The van der Waals surface area contributed by atoms with Crippen LogP contribution in [0.25, 0.3) is 11.0 Å². The summed E-state index contributed by atoms with van der Waals surface area (Å²) in [6.45, 7) is 2.09. The molecule has 5 nitrogen and oxygen atoms in total. The number of rotatable bonds is 8. The zero-order valence-electron chi connectivity index (χ0n) is 15.2. The Morgan fingerprint density at radius 2 is 2.19 bits per heavy atom. The molecule has 1 amide bonds. The molecule has 0 spiro atoms. The van der Waals surface area contributed by atoms with Crippen molar-refractivity contribution in [2.75, 3.05) is 26.0 Å². The van der Waals surface area contributed by atoms with Crippen LogP contribution >= 0.6 is 23.4 Å². The highest BCUT2D eigenvalue weighted by atomic mass is 35.5. The van der Waals surface area contributed by atoms with Crippen LogP contribution in [0.5, 0.6) is 0 Å². The van der Waals surface area contributed by atoms with E-state index in [4.69, 9.17) is 16.3 Å². The number of methoxy groups -OCH3 is 1. The fourth-order valence-corrected chi connectivity index (χ4v) is 4.46. The van der Waals surface area contributed by atoms with Gasteiger partial charge in [-0.05, 0) is 37.0 Å². The summed E-state index contributed by atoms with van der Waals surface area (Å²) in [5, 5.41) is 4.57. The van der Waals surface area contributed by atoms with Gasteiger partial charge in [-0.3, -0.25) is 4.79 Å². The highest BCUT2D eigenvalue weighted by molar-refractivity contribution is 7.99. The second-order valence-electron chi connectivity index (χ2n) is 6.77. The summed E-state index contributed by atoms with van der Waals surface area (Å²) in [6, 6.07) is 5.68. The van der Waals surface area contributed by atoms with Gasteiger partial charge in [0.2, 0.25) is 5.91 Å². The summed E-state index contributed by atoms with van der Waals surface area (Å²) in [6.07, 6.45) is 6.40. The fourth-order valence-electron chi connectivity index (χ4n) is 3.42. The minimum absolute atomic E-state index is 0.0731. The van der Waals surface area contributed by atoms with E-state index in [0.29, 0.717) is 29.8 Å². The first-order chi connectivity index (χ1) is 12.7. The van der Waals surface area contributed by atoms with Crippen molar-refractivity contribution in [3.63, 3.8) is 0 Å². The molecule has 1 heterocycles. The van der Waals surface area contributed by atoms with E-state index in [2.05, 4.69) is 14.9 Å². The summed E-state index contributed by atoms with van der Waals surface area (Å²) in [4.78, 5) is 16.9. The number of amides is 1. The number of fused-ring (bicyclic) bond motifs is 1. The van der Waals surface area contributed by atoms with Gasteiger partial charge < -0.3 is 14.6 Å². The lowest BCUT2D eigenvalue weighted by molar-refractivity contribution is -0.118. The minimum Gasteiger partial charge on any atom is -0.383 e. The van der Waals surface area contributed by atoms with Crippen LogP contribution in [0.15, 0.2) is 23.4 Å². The van der Waals surface area contributed by atoms with Crippen molar-refractivity contribution in [1.82, 2.24) is 14.9 Å². The van der Waals surface area contributed by atoms with Crippen LogP contribution in [0.4, 0.5) is 0 Å².